The van der Waals surface area contributed by atoms with E-state index in [-0.39, 0.29) is 18.1 Å². The number of Topliss-reactive ketones (excluding diaryl/α,β-unsaturated/α-hetero) is 1. The molecular formula is C18H22O5. The molecule has 0 saturated heterocycles. The number of hydrogen-bond donors (Lipinski definition) is 3. The maximum absolute atomic E-state index is 12.6. The summed E-state index contributed by atoms with van der Waals surface area (Å²) in [5, 5.41) is 30.4. The summed E-state index contributed by atoms with van der Waals surface area (Å²) in [6.45, 7) is 3.74. The molecular weight excluding hydrogens is 296 g/mol. The number of ketones is 1. The molecule has 124 valence electrons. The number of allylic oxidation sites excluding steroid dienone is 1. The van der Waals surface area contributed by atoms with E-state index >= 15 is 0 Å². The highest BCUT2D eigenvalue weighted by molar-refractivity contribution is 6.11. The van der Waals surface area contributed by atoms with Crippen molar-refractivity contribution >= 4 is 5.78 Å². The fraction of sp³-hybridized carbons (Fsp3) is 0.500. The molecule has 0 spiro atoms. The number of methoxy groups -OCH3 is 1. The first-order valence-corrected chi connectivity index (χ1v) is 7.80. The van der Waals surface area contributed by atoms with Gasteiger partial charge in [0.2, 0.25) is 5.78 Å². The standard InChI is InChI=1S/C18H22O5/c1-17(9-19)5-4-6-18(2)11-8-13(23-3)12(20)7-10(11)14(21)15(22)16(17)18/h7-8,19-20,22H,4-6,9H2,1-3H3. The molecule has 0 bridgehead atoms. The van der Waals surface area contributed by atoms with E-state index in [9.17, 15) is 20.1 Å². The van der Waals surface area contributed by atoms with E-state index in [1.54, 1.807) is 6.07 Å². The third-order valence-corrected chi connectivity index (χ3v) is 5.52. The minimum atomic E-state index is -0.629. The van der Waals surface area contributed by atoms with Gasteiger partial charge in [-0.2, -0.15) is 0 Å². The molecule has 0 radical (unpaired) electrons. The molecule has 1 aromatic rings. The van der Waals surface area contributed by atoms with Crippen LogP contribution < -0.4 is 4.74 Å². The number of aliphatic hydroxyl groups is 2. The third kappa shape index (κ3) is 1.99. The lowest BCUT2D eigenvalue weighted by Crippen LogP contribution is -2.46. The molecule has 3 rings (SSSR count). The lowest BCUT2D eigenvalue weighted by atomic mass is 9.54. The van der Waals surface area contributed by atoms with Crippen molar-refractivity contribution in [2.24, 2.45) is 5.41 Å². The smallest absolute Gasteiger partial charge is 0.227 e. The lowest BCUT2D eigenvalue weighted by molar-refractivity contribution is 0.0877. The van der Waals surface area contributed by atoms with E-state index in [1.807, 2.05) is 13.8 Å². The molecule has 2 unspecified atom stereocenters. The van der Waals surface area contributed by atoms with Gasteiger partial charge in [-0.3, -0.25) is 4.79 Å². The summed E-state index contributed by atoms with van der Waals surface area (Å²) in [4.78, 5) is 12.6. The number of carbonyl (C=O) groups excluding carboxylic acids is 1. The Morgan fingerprint density at radius 3 is 2.52 bits per heavy atom. The Bertz CT molecular complexity index is 720. The molecule has 0 amide bonds. The quantitative estimate of drug-likeness (QED) is 0.780. The van der Waals surface area contributed by atoms with Crippen LogP contribution in [0.2, 0.25) is 0 Å². The normalized spacial score (nSPS) is 30.0. The number of ether oxygens (including phenoxy) is 1. The number of hydrogen-bond acceptors (Lipinski definition) is 5. The molecule has 5 nitrogen and oxygen atoms in total. The van der Waals surface area contributed by atoms with Gasteiger partial charge in [0.1, 0.15) is 0 Å². The zero-order chi connectivity index (χ0) is 17.0. The number of benzene rings is 1. The van der Waals surface area contributed by atoms with Crippen molar-refractivity contribution in [3.05, 3.63) is 34.6 Å². The molecule has 1 fully saturated rings. The third-order valence-electron chi connectivity index (χ3n) is 5.52. The van der Waals surface area contributed by atoms with E-state index in [1.165, 1.54) is 13.2 Å². The Morgan fingerprint density at radius 1 is 1.22 bits per heavy atom. The van der Waals surface area contributed by atoms with Crippen LogP contribution in [0.1, 0.15) is 49.0 Å². The van der Waals surface area contributed by atoms with Crippen LogP contribution in [-0.2, 0) is 5.41 Å². The Kier molecular flexibility index (Phi) is 3.45. The number of carbonyl (C=O) groups is 1. The predicted octanol–water partition coefficient (Wildman–Crippen LogP) is 2.85. The summed E-state index contributed by atoms with van der Waals surface area (Å²) in [5.74, 6) is -0.622. The van der Waals surface area contributed by atoms with E-state index in [0.717, 1.165) is 24.8 Å². The van der Waals surface area contributed by atoms with Crippen molar-refractivity contribution in [2.45, 2.75) is 38.5 Å². The average Bonchev–Trinajstić information content (AvgIpc) is 2.52. The summed E-state index contributed by atoms with van der Waals surface area (Å²) < 4.78 is 5.19. The molecule has 1 saturated carbocycles. The van der Waals surface area contributed by atoms with E-state index in [4.69, 9.17) is 4.74 Å². The first-order valence-electron chi connectivity index (χ1n) is 7.80. The fourth-order valence-corrected chi connectivity index (χ4v) is 4.34. The molecule has 1 aromatic carbocycles. The number of aliphatic hydroxyl groups excluding tert-OH is 2. The number of phenolic OH excluding ortho intramolecular Hbond substituents is 1. The van der Waals surface area contributed by atoms with Crippen LogP contribution in [0.15, 0.2) is 23.5 Å². The highest BCUT2D eigenvalue weighted by Gasteiger charge is 2.52. The van der Waals surface area contributed by atoms with Gasteiger partial charge in [-0.25, -0.2) is 0 Å². The van der Waals surface area contributed by atoms with Crippen LogP contribution in [0.4, 0.5) is 0 Å². The van der Waals surface area contributed by atoms with Gasteiger partial charge in [0.15, 0.2) is 17.3 Å². The van der Waals surface area contributed by atoms with Crippen LogP contribution in [0.5, 0.6) is 11.5 Å². The molecule has 23 heavy (non-hydrogen) atoms. The Morgan fingerprint density at radius 2 is 1.91 bits per heavy atom. The Hall–Kier alpha value is -2.01. The van der Waals surface area contributed by atoms with Gasteiger partial charge >= 0.3 is 0 Å². The number of aromatic hydroxyl groups is 1. The van der Waals surface area contributed by atoms with Gasteiger partial charge < -0.3 is 20.1 Å². The van der Waals surface area contributed by atoms with Gasteiger partial charge in [0.05, 0.1) is 13.7 Å². The van der Waals surface area contributed by atoms with E-state index < -0.39 is 16.6 Å². The first-order chi connectivity index (χ1) is 10.8. The van der Waals surface area contributed by atoms with Crippen LogP contribution in [0.25, 0.3) is 0 Å². The minimum absolute atomic E-state index is 0.125. The van der Waals surface area contributed by atoms with Gasteiger partial charge in [0.25, 0.3) is 0 Å². The van der Waals surface area contributed by atoms with Gasteiger partial charge in [-0.05, 0) is 36.1 Å². The van der Waals surface area contributed by atoms with Gasteiger partial charge in [-0.1, -0.05) is 20.3 Å². The Labute approximate surface area is 135 Å². The van der Waals surface area contributed by atoms with Crippen molar-refractivity contribution in [2.75, 3.05) is 13.7 Å². The summed E-state index contributed by atoms with van der Waals surface area (Å²) in [5.41, 5.74) is 0.446. The molecule has 3 N–H and O–H groups in total. The van der Waals surface area contributed by atoms with E-state index in [0.29, 0.717) is 16.9 Å². The van der Waals surface area contributed by atoms with Crippen LogP contribution in [0.3, 0.4) is 0 Å². The van der Waals surface area contributed by atoms with E-state index in [2.05, 4.69) is 0 Å². The highest BCUT2D eigenvalue weighted by Crippen LogP contribution is 2.57. The van der Waals surface area contributed by atoms with Crippen molar-refractivity contribution in [3.63, 3.8) is 0 Å². The molecule has 2 atom stereocenters. The van der Waals surface area contributed by atoms with Crippen LogP contribution >= 0.6 is 0 Å². The maximum Gasteiger partial charge on any atom is 0.227 e. The number of rotatable bonds is 2. The molecule has 0 aromatic heterocycles. The second kappa shape index (κ2) is 4.99. The van der Waals surface area contributed by atoms with Gasteiger partial charge in [-0.15, -0.1) is 0 Å². The monoisotopic (exact) mass is 318 g/mol. The summed E-state index contributed by atoms with van der Waals surface area (Å²) in [6.07, 6.45) is 2.35. The molecule has 0 heterocycles. The van der Waals surface area contributed by atoms with Crippen molar-refractivity contribution in [3.8, 4) is 11.5 Å². The van der Waals surface area contributed by atoms with Crippen molar-refractivity contribution in [1.29, 1.82) is 0 Å². The topological polar surface area (TPSA) is 87.0 Å². The summed E-state index contributed by atoms with van der Waals surface area (Å²) in [6, 6.07) is 3.04. The van der Waals surface area contributed by atoms with Crippen molar-refractivity contribution in [1.82, 2.24) is 0 Å². The molecule has 5 heteroatoms. The lowest BCUT2D eigenvalue weighted by Gasteiger charge is -2.49. The zero-order valence-corrected chi connectivity index (χ0v) is 13.6. The SMILES string of the molecule is COc1cc2c(cc1O)C(=O)C(O)=C1C(C)(CO)CCCC12C. The largest absolute Gasteiger partial charge is 0.504 e. The first kappa shape index (κ1) is 15.9. The molecule has 0 aliphatic heterocycles. The maximum atomic E-state index is 12.6. The Balaban J connectivity index is 2.32. The zero-order valence-electron chi connectivity index (χ0n) is 13.6. The molecule has 2 aliphatic rings. The van der Waals surface area contributed by atoms with Crippen molar-refractivity contribution < 1.29 is 24.9 Å². The van der Waals surface area contributed by atoms with Crippen LogP contribution in [0, 0.1) is 5.41 Å². The molecule has 2 aliphatic carbocycles. The van der Waals surface area contributed by atoms with Gasteiger partial charge in [0, 0.05) is 16.4 Å². The number of phenols is 1. The summed E-state index contributed by atoms with van der Waals surface area (Å²) >= 11 is 0. The summed E-state index contributed by atoms with van der Waals surface area (Å²) in [7, 11) is 1.46. The second-order valence-corrected chi connectivity index (χ2v) is 7.03. The minimum Gasteiger partial charge on any atom is -0.504 e. The predicted molar refractivity (Wildman–Crippen MR) is 85.0 cm³/mol. The number of fused-ring (bicyclic) bond motifs is 3. The highest BCUT2D eigenvalue weighted by atomic mass is 16.5. The second-order valence-electron chi connectivity index (χ2n) is 7.03. The fourth-order valence-electron chi connectivity index (χ4n) is 4.34. The average molecular weight is 318 g/mol. The van der Waals surface area contributed by atoms with Crippen LogP contribution in [-0.4, -0.2) is 34.8 Å².